The van der Waals surface area contributed by atoms with E-state index < -0.39 is 6.04 Å². The van der Waals surface area contributed by atoms with Gasteiger partial charge in [0.2, 0.25) is 5.91 Å². The summed E-state index contributed by atoms with van der Waals surface area (Å²) in [6, 6.07) is 6.44. The second-order valence-corrected chi connectivity index (χ2v) is 4.16. The Labute approximate surface area is 104 Å². The van der Waals surface area contributed by atoms with Crippen molar-refractivity contribution in [3.8, 4) is 6.07 Å². The van der Waals surface area contributed by atoms with Gasteiger partial charge in [0.25, 0.3) is 0 Å². The molecule has 5 heteroatoms. The van der Waals surface area contributed by atoms with Crippen molar-refractivity contribution in [2.24, 2.45) is 0 Å². The molecule has 16 heavy (non-hydrogen) atoms. The van der Waals surface area contributed by atoms with Crippen LogP contribution in [0.1, 0.15) is 12.5 Å². The predicted octanol–water partition coefficient (Wildman–Crippen LogP) is 2.56. The quantitative estimate of drug-likeness (QED) is 0.904. The number of nitriles is 1. The number of nitrogens with one attached hydrogen (secondary N) is 1. The fourth-order valence-corrected chi connectivity index (χ4v) is 1.48. The molecule has 0 bridgehead atoms. The van der Waals surface area contributed by atoms with Gasteiger partial charge in [0.05, 0.1) is 22.5 Å². The van der Waals surface area contributed by atoms with E-state index >= 15 is 0 Å². The fraction of sp³-hybridized carbons (Fsp3) is 0.273. The zero-order chi connectivity index (χ0) is 12.1. The van der Waals surface area contributed by atoms with E-state index in [2.05, 4.69) is 5.32 Å². The van der Waals surface area contributed by atoms with E-state index in [9.17, 15) is 4.79 Å². The molecule has 1 aromatic carbocycles. The lowest BCUT2D eigenvalue weighted by Gasteiger charge is -2.06. The lowest BCUT2D eigenvalue weighted by atomic mass is 10.1. The lowest BCUT2D eigenvalue weighted by molar-refractivity contribution is -0.120. The van der Waals surface area contributed by atoms with Gasteiger partial charge in [0, 0.05) is 0 Å². The fourth-order valence-electron chi connectivity index (χ4n) is 1.16. The van der Waals surface area contributed by atoms with Gasteiger partial charge in [0.15, 0.2) is 0 Å². The van der Waals surface area contributed by atoms with Crippen LogP contribution in [0.3, 0.4) is 0 Å². The first-order chi connectivity index (χ1) is 7.52. The molecule has 0 aliphatic carbocycles. The Morgan fingerprint density at radius 1 is 1.50 bits per heavy atom. The Hall–Kier alpha value is -1.24. The Bertz CT molecular complexity index is 440. The predicted molar refractivity (Wildman–Crippen MR) is 63.4 cm³/mol. The van der Waals surface area contributed by atoms with Crippen LogP contribution < -0.4 is 5.32 Å². The normalized spacial score (nSPS) is 11.6. The van der Waals surface area contributed by atoms with Crippen molar-refractivity contribution in [3.63, 3.8) is 0 Å². The summed E-state index contributed by atoms with van der Waals surface area (Å²) in [5.74, 6) is -0.215. The van der Waals surface area contributed by atoms with Gasteiger partial charge < -0.3 is 5.32 Å². The van der Waals surface area contributed by atoms with Crippen molar-refractivity contribution in [3.05, 3.63) is 33.8 Å². The second kappa shape index (κ2) is 5.74. The Balaban J connectivity index is 2.64. The van der Waals surface area contributed by atoms with E-state index in [0.29, 0.717) is 10.0 Å². The van der Waals surface area contributed by atoms with Crippen LogP contribution in [0.25, 0.3) is 0 Å². The molecule has 1 amide bonds. The SMILES string of the molecule is CC(C#N)NC(=O)Cc1ccc(Cl)c(Cl)c1. The van der Waals surface area contributed by atoms with E-state index in [1.54, 1.807) is 25.1 Å². The van der Waals surface area contributed by atoms with Gasteiger partial charge in [-0.1, -0.05) is 29.3 Å². The summed E-state index contributed by atoms with van der Waals surface area (Å²) in [5, 5.41) is 11.9. The maximum absolute atomic E-state index is 11.4. The van der Waals surface area contributed by atoms with E-state index in [4.69, 9.17) is 28.5 Å². The van der Waals surface area contributed by atoms with Crippen LogP contribution in [0, 0.1) is 11.3 Å². The lowest BCUT2D eigenvalue weighted by Crippen LogP contribution is -2.32. The molecular formula is C11H10Cl2N2O. The van der Waals surface area contributed by atoms with Gasteiger partial charge in [-0.25, -0.2) is 0 Å². The summed E-state index contributed by atoms with van der Waals surface area (Å²) in [5.41, 5.74) is 0.761. The molecule has 0 saturated carbocycles. The number of amides is 1. The van der Waals surface area contributed by atoms with Crippen molar-refractivity contribution >= 4 is 29.1 Å². The topological polar surface area (TPSA) is 52.9 Å². The molecule has 1 N–H and O–H groups in total. The standard InChI is InChI=1S/C11H10Cl2N2O/c1-7(6-14)15-11(16)5-8-2-3-9(12)10(13)4-8/h2-4,7H,5H2,1H3,(H,15,16). The molecule has 0 saturated heterocycles. The summed E-state index contributed by atoms with van der Waals surface area (Å²) >= 11 is 11.6. The molecule has 1 aromatic rings. The van der Waals surface area contributed by atoms with Crippen molar-refractivity contribution < 1.29 is 4.79 Å². The molecule has 0 aliphatic heterocycles. The number of hydrogen-bond donors (Lipinski definition) is 1. The monoisotopic (exact) mass is 256 g/mol. The highest BCUT2D eigenvalue weighted by Crippen LogP contribution is 2.22. The first-order valence-electron chi connectivity index (χ1n) is 4.66. The average molecular weight is 257 g/mol. The van der Waals surface area contributed by atoms with Crippen molar-refractivity contribution in [1.82, 2.24) is 5.32 Å². The first kappa shape index (κ1) is 12.8. The third kappa shape index (κ3) is 3.73. The third-order valence-electron chi connectivity index (χ3n) is 1.92. The summed E-state index contributed by atoms with van der Waals surface area (Å²) < 4.78 is 0. The minimum atomic E-state index is -0.490. The van der Waals surface area contributed by atoms with Gasteiger partial charge in [-0.15, -0.1) is 0 Å². The smallest absolute Gasteiger partial charge is 0.225 e. The molecule has 84 valence electrons. The molecular weight excluding hydrogens is 247 g/mol. The summed E-state index contributed by atoms with van der Waals surface area (Å²) in [6.45, 7) is 1.62. The molecule has 0 radical (unpaired) electrons. The van der Waals surface area contributed by atoms with E-state index in [0.717, 1.165) is 5.56 Å². The average Bonchev–Trinajstić information content (AvgIpc) is 2.23. The highest BCUT2D eigenvalue weighted by molar-refractivity contribution is 6.42. The number of benzene rings is 1. The number of nitrogens with zero attached hydrogens (tertiary/aromatic N) is 1. The number of hydrogen-bond acceptors (Lipinski definition) is 2. The number of carbonyl (C=O) groups is 1. The van der Waals surface area contributed by atoms with Crippen LogP contribution >= 0.6 is 23.2 Å². The molecule has 3 nitrogen and oxygen atoms in total. The van der Waals surface area contributed by atoms with Gasteiger partial charge in [0.1, 0.15) is 6.04 Å². The zero-order valence-electron chi connectivity index (χ0n) is 8.63. The molecule has 0 aromatic heterocycles. The number of rotatable bonds is 3. The van der Waals surface area contributed by atoms with Crippen molar-refractivity contribution in [1.29, 1.82) is 5.26 Å². The minimum absolute atomic E-state index is 0.183. The van der Waals surface area contributed by atoms with Crippen LogP contribution in [0.2, 0.25) is 10.0 Å². The summed E-state index contributed by atoms with van der Waals surface area (Å²) in [6.07, 6.45) is 0.183. The van der Waals surface area contributed by atoms with Gasteiger partial charge in [-0.2, -0.15) is 5.26 Å². The van der Waals surface area contributed by atoms with E-state index in [-0.39, 0.29) is 12.3 Å². The van der Waals surface area contributed by atoms with E-state index in [1.807, 2.05) is 6.07 Å². The van der Waals surface area contributed by atoms with Gasteiger partial charge >= 0.3 is 0 Å². The highest BCUT2D eigenvalue weighted by Gasteiger charge is 2.08. The van der Waals surface area contributed by atoms with Crippen LogP contribution in [0.15, 0.2) is 18.2 Å². The van der Waals surface area contributed by atoms with Crippen molar-refractivity contribution in [2.45, 2.75) is 19.4 Å². The molecule has 1 unspecified atom stereocenters. The Kier molecular flexibility index (Phi) is 4.60. The molecule has 0 heterocycles. The first-order valence-corrected chi connectivity index (χ1v) is 5.41. The van der Waals surface area contributed by atoms with E-state index in [1.165, 1.54) is 0 Å². The maximum Gasteiger partial charge on any atom is 0.225 e. The zero-order valence-corrected chi connectivity index (χ0v) is 10.1. The summed E-state index contributed by atoms with van der Waals surface area (Å²) in [4.78, 5) is 11.4. The minimum Gasteiger partial charge on any atom is -0.340 e. The molecule has 0 aliphatic rings. The maximum atomic E-state index is 11.4. The van der Waals surface area contributed by atoms with Crippen LogP contribution in [-0.4, -0.2) is 11.9 Å². The van der Waals surface area contributed by atoms with Gasteiger partial charge in [-0.05, 0) is 24.6 Å². The molecule has 1 rings (SSSR count). The Morgan fingerprint density at radius 3 is 2.75 bits per heavy atom. The highest BCUT2D eigenvalue weighted by atomic mass is 35.5. The second-order valence-electron chi connectivity index (χ2n) is 3.34. The van der Waals surface area contributed by atoms with Crippen LogP contribution in [0.4, 0.5) is 0 Å². The van der Waals surface area contributed by atoms with Crippen LogP contribution in [0.5, 0.6) is 0 Å². The molecule has 1 atom stereocenters. The Morgan fingerprint density at radius 2 is 2.19 bits per heavy atom. The number of halogens is 2. The van der Waals surface area contributed by atoms with Crippen LogP contribution in [-0.2, 0) is 11.2 Å². The number of carbonyl (C=O) groups excluding carboxylic acids is 1. The largest absolute Gasteiger partial charge is 0.340 e. The van der Waals surface area contributed by atoms with Crippen molar-refractivity contribution in [2.75, 3.05) is 0 Å². The third-order valence-corrected chi connectivity index (χ3v) is 2.66. The van der Waals surface area contributed by atoms with Gasteiger partial charge in [-0.3, -0.25) is 4.79 Å². The summed E-state index contributed by atoms with van der Waals surface area (Å²) in [7, 11) is 0. The molecule has 0 fully saturated rings. The molecule has 0 spiro atoms.